The van der Waals surface area contributed by atoms with E-state index in [1.165, 1.54) is 10.8 Å². The van der Waals surface area contributed by atoms with Crippen molar-refractivity contribution in [3.8, 4) is 0 Å². The van der Waals surface area contributed by atoms with E-state index in [4.69, 9.17) is 0 Å². The summed E-state index contributed by atoms with van der Waals surface area (Å²) < 4.78 is 0. The van der Waals surface area contributed by atoms with Gasteiger partial charge < -0.3 is 0 Å². The molecule has 2 heteroatoms. The van der Waals surface area contributed by atoms with Gasteiger partial charge in [0.15, 0.2) is 0 Å². The van der Waals surface area contributed by atoms with Gasteiger partial charge in [0.2, 0.25) is 0 Å². The molecule has 0 nitrogen and oxygen atoms in total. The Morgan fingerprint density at radius 2 is 1.70 bits per heavy atom. The molecule has 1 aromatic rings. The van der Waals surface area contributed by atoms with Crippen molar-refractivity contribution in [2.75, 3.05) is 0 Å². The third kappa shape index (κ3) is 2.33. The monoisotopic (exact) mass is 166 g/mol. The zero-order valence-electron chi connectivity index (χ0n) is 5.59. The largest absolute Gasteiger partial charge is 0.100 e. The summed E-state index contributed by atoms with van der Waals surface area (Å²) in [5, 5.41) is 1.26. The first-order chi connectivity index (χ1) is 4.30. The summed E-state index contributed by atoms with van der Waals surface area (Å²) >= 11 is 0. The Hall–Kier alpha value is -0.606. The molecule has 54 valence electrons. The van der Waals surface area contributed by atoms with Crippen molar-refractivity contribution in [1.29, 1.82) is 0 Å². The van der Waals surface area contributed by atoms with Crippen LogP contribution in [-0.4, -0.2) is 21.2 Å². The Morgan fingerprint density at radius 3 is 2.00 bits per heavy atom. The highest BCUT2D eigenvalue weighted by Crippen LogP contribution is 2.05. The van der Waals surface area contributed by atoms with Crippen LogP contribution in [0.1, 0.15) is 5.56 Å². The molecule has 0 fully saturated rings. The van der Waals surface area contributed by atoms with Crippen LogP contribution in [0.15, 0.2) is 36.9 Å². The van der Waals surface area contributed by atoms with Gasteiger partial charge in [-0.25, -0.2) is 0 Å². The van der Waals surface area contributed by atoms with Gasteiger partial charge in [0.25, 0.3) is 0 Å². The second kappa shape index (κ2) is 4.25. The van der Waals surface area contributed by atoms with Crippen molar-refractivity contribution in [2.24, 2.45) is 0 Å². The maximum atomic E-state index is 3.89. The van der Waals surface area contributed by atoms with E-state index >= 15 is 0 Å². The summed E-state index contributed by atoms with van der Waals surface area (Å²) in [5.41, 5.74) is 1.28. The van der Waals surface area contributed by atoms with E-state index in [1.54, 1.807) is 0 Å². The molecule has 0 bridgehead atoms. The predicted octanol–water partition coefficient (Wildman–Crippen LogP) is -0.429. The van der Waals surface area contributed by atoms with Gasteiger partial charge in [0.05, 0.1) is 0 Å². The maximum Gasteiger partial charge on any atom is 0.0385 e. The highest BCUT2D eigenvalue weighted by atomic mass is 28.1. The van der Waals surface area contributed by atoms with Crippen molar-refractivity contribution in [1.82, 2.24) is 0 Å². The molecule has 0 aliphatic carbocycles. The lowest BCUT2D eigenvalue weighted by atomic mass is 10.2. The summed E-state index contributed by atoms with van der Waals surface area (Å²) in [4.78, 5) is 0. The Balaban J connectivity index is 0.000000810. The fourth-order valence-electron chi connectivity index (χ4n) is 0.723. The van der Waals surface area contributed by atoms with E-state index in [0.29, 0.717) is 0 Å². The normalized spacial score (nSPS) is 8.40. The van der Waals surface area contributed by atoms with Crippen molar-refractivity contribution in [2.45, 2.75) is 0 Å². The van der Waals surface area contributed by atoms with E-state index in [1.807, 2.05) is 18.2 Å². The highest BCUT2D eigenvalue weighted by Gasteiger charge is 1.86. The lowest BCUT2D eigenvalue weighted by Crippen LogP contribution is -1.77. The van der Waals surface area contributed by atoms with Crippen molar-refractivity contribution >= 4 is 26.4 Å². The topological polar surface area (TPSA) is 0 Å². The van der Waals surface area contributed by atoms with Crippen LogP contribution in [0.5, 0.6) is 0 Å². The van der Waals surface area contributed by atoms with Crippen LogP contribution in [0.2, 0.25) is 0 Å². The molecule has 0 spiro atoms. The van der Waals surface area contributed by atoms with E-state index in [0.717, 1.165) is 10.2 Å². The lowest BCUT2D eigenvalue weighted by molar-refractivity contribution is 1.66. The van der Waals surface area contributed by atoms with Gasteiger partial charge in [0.1, 0.15) is 0 Å². The molecule has 1 rings (SSSR count). The molecule has 0 heterocycles. The van der Waals surface area contributed by atoms with Crippen LogP contribution < -0.4 is 0 Å². The molecule has 0 atom stereocenters. The molecular weight excluding hydrogens is 152 g/mol. The first kappa shape index (κ1) is 9.39. The fraction of sp³-hybridized carbons (Fsp3) is 0. The summed E-state index contributed by atoms with van der Waals surface area (Å²) in [7, 11) is 1.06. The summed E-state index contributed by atoms with van der Waals surface area (Å²) in [6.45, 7) is 3.89. The Morgan fingerprint density at radius 1 is 1.20 bits per heavy atom. The minimum atomic E-state index is 0. The van der Waals surface area contributed by atoms with Crippen LogP contribution in [0.25, 0.3) is 5.20 Å². The molecular formula is C8H14Si2. The molecule has 0 aliphatic heterocycles. The minimum absolute atomic E-state index is 0. The van der Waals surface area contributed by atoms with Gasteiger partial charge in [-0.05, 0) is 16.5 Å². The SMILES string of the molecule is C=C([SiH3])c1ccccc1.[SiH4]. The third-order valence-corrected chi connectivity index (χ3v) is 1.84. The molecule has 0 radical (unpaired) electrons. The van der Waals surface area contributed by atoms with Gasteiger partial charge in [0, 0.05) is 10.2 Å². The van der Waals surface area contributed by atoms with Gasteiger partial charge >= 0.3 is 0 Å². The average Bonchev–Trinajstić information content (AvgIpc) is 1.90. The second-order valence-electron chi connectivity index (χ2n) is 2.15. The van der Waals surface area contributed by atoms with E-state index in [2.05, 4.69) is 18.7 Å². The number of benzene rings is 1. The first-order valence-corrected chi connectivity index (χ1v) is 4.01. The molecule has 0 saturated carbocycles. The molecule has 0 aromatic heterocycles. The van der Waals surface area contributed by atoms with Crippen LogP contribution in [0, 0.1) is 0 Å². The van der Waals surface area contributed by atoms with Crippen molar-refractivity contribution < 1.29 is 0 Å². The van der Waals surface area contributed by atoms with Crippen LogP contribution >= 0.6 is 0 Å². The Bertz CT molecular complexity index is 204. The number of hydrogen-bond donors (Lipinski definition) is 0. The van der Waals surface area contributed by atoms with Gasteiger partial charge in [-0.1, -0.05) is 35.5 Å². The smallest absolute Gasteiger partial charge is 0.0385 e. The first-order valence-electron chi connectivity index (χ1n) is 3.01. The van der Waals surface area contributed by atoms with E-state index in [9.17, 15) is 0 Å². The second-order valence-corrected chi connectivity index (χ2v) is 3.35. The van der Waals surface area contributed by atoms with Crippen molar-refractivity contribution in [3.05, 3.63) is 42.5 Å². The molecule has 0 N–H and O–H groups in total. The van der Waals surface area contributed by atoms with E-state index in [-0.39, 0.29) is 11.0 Å². The summed E-state index contributed by atoms with van der Waals surface area (Å²) in [5.74, 6) is 0. The summed E-state index contributed by atoms with van der Waals surface area (Å²) in [6.07, 6.45) is 0. The minimum Gasteiger partial charge on any atom is -0.100 e. The third-order valence-electron chi connectivity index (χ3n) is 1.27. The van der Waals surface area contributed by atoms with Crippen molar-refractivity contribution in [3.63, 3.8) is 0 Å². The van der Waals surface area contributed by atoms with Gasteiger partial charge in [-0.15, -0.1) is 6.58 Å². The average molecular weight is 166 g/mol. The molecule has 1 aromatic carbocycles. The fourth-order valence-corrected chi connectivity index (χ4v) is 1.06. The van der Waals surface area contributed by atoms with Gasteiger partial charge in [-0.2, -0.15) is 0 Å². The lowest BCUT2D eigenvalue weighted by Gasteiger charge is -1.94. The number of rotatable bonds is 1. The zero-order valence-corrected chi connectivity index (χ0v) is 7.59. The zero-order chi connectivity index (χ0) is 6.69. The van der Waals surface area contributed by atoms with Gasteiger partial charge in [-0.3, -0.25) is 0 Å². The van der Waals surface area contributed by atoms with Crippen LogP contribution in [0.4, 0.5) is 0 Å². The van der Waals surface area contributed by atoms with Crippen LogP contribution in [0.3, 0.4) is 0 Å². The molecule has 10 heavy (non-hydrogen) atoms. The molecule has 0 unspecified atom stereocenters. The van der Waals surface area contributed by atoms with Crippen LogP contribution in [-0.2, 0) is 0 Å². The molecule has 0 saturated heterocycles. The number of hydrogen-bond acceptors (Lipinski definition) is 0. The molecule has 0 aliphatic rings. The Labute approximate surface area is 69.4 Å². The predicted molar refractivity (Wildman–Crippen MR) is 56.7 cm³/mol. The summed E-state index contributed by atoms with van der Waals surface area (Å²) in [6, 6.07) is 10.3. The van der Waals surface area contributed by atoms with E-state index < -0.39 is 0 Å². The standard InChI is InChI=1S/C8H10Si.H4Si/c1-7(9)8-5-3-2-4-6-8;/h2-6H,1H2,9H3;1H4. The Kier molecular flexibility index (Phi) is 3.99. The maximum absolute atomic E-state index is 3.89. The molecule has 0 amide bonds. The quantitative estimate of drug-likeness (QED) is 0.497. The highest BCUT2D eigenvalue weighted by molar-refractivity contribution is 6.41.